The standard InChI is InChI=1S/C19H17N5O.C2HF3O2/c1-10(25)11-4-3-5-12(8-11)14-9-15-16(18(20)23-19(21)22-15)13-6-7-24(2)17(13)14;3-2(4,5)1(6)7/h3-9H,1-2H3,(H4,20,21,22,23);(H,6,7). The molecule has 4 aromatic rings. The number of aromatic nitrogens is 3. The molecule has 0 aliphatic carbocycles. The van der Waals surface area contributed by atoms with Gasteiger partial charge < -0.3 is 21.1 Å². The van der Waals surface area contributed by atoms with Crippen LogP contribution in [0.4, 0.5) is 24.9 Å². The zero-order chi connectivity index (χ0) is 23.8. The van der Waals surface area contributed by atoms with E-state index in [2.05, 4.69) is 9.97 Å². The zero-order valence-electron chi connectivity index (χ0n) is 16.9. The van der Waals surface area contributed by atoms with E-state index in [9.17, 15) is 18.0 Å². The number of hydrogen-bond acceptors (Lipinski definition) is 6. The van der Waals surface area contributed by atoms with Crippen LogP contribution >= 0.6 is 0 Å². The lowest BCUT2D eigenvalue weighted by Crippen LogP contribution is -2.21. The van der Waals surface area contributed by atoms with E-state index in [-0.39, 0.29) is 11.7 Å². The van der Waals surface area contributed by atoms with Crippen molar-refractivity contribution in [1.82, 2.24) is 14.5 Å². The molecule has 0 fully saturated rings. The van der Waals surface area contributed by atoms with E-state index in [1.807, 2.05) is 54.2 Å². The summed E-state index contributed by atoms with van der Waals surface area (Å²) in [6.07, 6.45) is -3.11. The van der Waals surface area contributed by atoms with E-state index in [1.165, 1.54) is 0 Å². The van der Waals surface area contributed by atoms with Gasteiger partial charge in [-0.25, -0.2) is 9.78 Å². The molecule has 2 aromatic carbocycles. The number of carboxylic acids is 1. The smallest absolute Gasteiger partial charge is 0.475 e. The first kappa shape index (κ1) is 22.5. The fraction of sp³-hybridized carbons (Fsp3) is 0.143. The quantitative estimate of drug-likeness (QED) is 0.399. The average molecular weight is 445 g/mol. The van der Waals surface area contributed by atoms with Crippen molar-refractivity contribution >= 4 is 45.3 Å². The lowest BCUT2D eigenvalue weighted by molar-refractivity contribution is -0.192. The number of aliphatic carboxylic acids is 1. The SMILES string of the molecule is CC(=O)c1cccc(-c2cc3nc(N)nc(N)c3c3ccn(C)c23)c1.O=C(O)C(F)(F)F. The second-order valence-corrected chi connectivity index (χ2v) is 6.91. The van der Waals surface area contributed by atoms with Crippen molar-refractivity contribution < 1.29 is 27.9 Å². The van der Waals surface area contributed by atoms with E-state index in [0.29, 0.717) is 16.9 Å². The van der Waals surface area contributed by atoms with Gasteiger partial charge in [0.05, 0.1) is 16.4 Å². The Morgan fingerprint density at radius 3 is 2.34 bits per heavy atom. The Morgan fingerprint density at radius 2 is 1.75 bits per heavy atom. The molecule has 4 rings (SSSR count). The highest BCUT2D eigenvalue weighted by molar-refractivity contribution is 6.15. The predicted molar refractivity (Wildman–Crippen MR) is 114 cm³/mol. The van der Waals surface area contributed by atoms with Crippen LogP contribution in [0.15, 0.2) is 42.6 Å². The third-order valence-corrected chi connectivity index (χ3v) is 4.68. The van der Waals surface area contributed by atoms with Crippen LogP contribution in [0.5, 0.6) is 0 Å². The summed E-state index contributed by atoms with van der Waals surface area (Å²) in [5, 5.41) is 8.87. The number of benzene rings is 2. The summed E-state index contributed by atoms with van der Waals surface area (Å²) in [6, 6.07) is 11.5. The first-order chi connectivity index (χ1) is 14.9. The van der Waals surface area contributed by atoms with Crippen molar-refractivity contribution in [2.45, 2.75) is 13.1 Å². The van der Waals surface area contributed by atoms with Crippen LogP contribution in [0.25, 0.3) is 32.9 Å². The van der Waals surface area contributed by atoms with Gasteiger partial charge >= 0.3 is 12.1 Å². The Hall–Kier alpha value is -4.15. The van der Waals surface area contributed by atoms with Crippen LogP contribution in [-0.4, -0.2) is 37.6 Å². The number of halogens is 3. The van der Waals surface area contributed by atoms with Crippen molar-refractivity contribution in [3.05, 3.63) is 48.2 Å². The molecular weight excluding hydrogens is 427 g/mol. The second-order valence-electron chi connectivity index (χ2n) is 6.91. The number of alkyl halides is 3. The molecule has 2 aromatic heterocycles. The maximum absolute atomic E-state index is 11.8. The fourth-order valence-corrected chi connectivity index (χ4v) is 3.29. The lowest BCUT2D eigenvalue weighted by atomic mass is 9.97. The molecule has 8 nitrogen and oxygen atoms in total. The predicted octanol–water partition coefficient (Wildman–Crippen LogP) is 3.79. The number of fused-ring (bicyclic) bond motifs is 3. The number of rotatable bonds is 2. The number of Topliss-reactive ketones (excluding diaryl/α,β-unsaturated/α-hetero) is 1. The number of anilines is 2. The molecule has 0 spiro atoms. The number of carboxylic acid groups (broad SMARTS) is 1. The monoisotopic (exact) mass is 445 g/mol. The van der Waals surface area contributed by atoms with Crippen molar-refractivity contribution in [1.29, 1.82) is 0 Å². The molecule has 0 aliphatic heterocycles. The first-order valence-corrected chi connectivity index (χ1v) is 9.12. The van der Waals surface area contributed by atoms with Crippen molar-refractivity contribution in [3.63, 3.8) is 0 Å². The number of carbonyl (C=O) groups excluding carboxylic acids is 1. The van der Waals surface area contributed by atoms with Gasteiger partial charge in [0.15, 0.2) is 5.78 Å². The lowest BCUT2D eigenvalue weighted by Gasteiger charge is -2.11. The van der Waals surface area contributed by atoms with Crippen LogP contribution in [-0.2, 0) is 11.8 Å². The molecule has 2 heterocycles. The summed E-state index contributed by atoms with van der Waals surface area (Å²) in [5.74, 6) is -2.22. The molecule has 0 atom stereocenters. The molecule has 11 heteroatoms. The molecule has 0 saturated heterocycles. The molecule has 0 bridgehead atoms. The molecule has 0 unspecified atom stereocenters. The van der Waals surface area contributed by atoms with Crippen molar-refractivity contribution in [3.8, 4) is 11.1 Å². The van der Waals surface area contributed by atoms with E-state index in [4.69, 9.17) is 21.4 Å². The number of nitrogen functional groups attached to an aromatic ring is 2. The molecule has 0 amide bonds. The highest BCUT2D eigenvalue weighted by Gasteiger charge is 2.38. The Bertz CT molecular complexity index is 1360. The van der Waals surface area contributed by atoms with E-state index >= 15 is 0 Å². The van der Waals surface area contributed by atoms with Gasteiger partial charge in [0, 0.05) is 29.8 Å². The maximum atomic E-state index is 11.8. The minimum atomic E-state index is -5.08. The minimum Gasteiger partial charge on any atom is -0.475 e. The topological polar surface area (TPSA) is 137 Å². The normalized spacial score (nSPS) is 11.3. The Morgan fingerprint density at radius 1 is 1.09 bits per heavy atom. The Balaban J connectivity index is 0.000000360. The van der Waals surface area contributed by atoms with Gasteiger partial charge in [0.25, 0.3) is 0 Å². The molecule has 5 N–H and O–H groups in total. The highest BCUT2D eigenvalue weighted by atomic mass is 19.4. The molecule has 0 saturated carbocycles. The summed E-state index contributed by atoms with van der Waals surface area (Å²) >= 11 is 0. The molecular formula is C21H18F3N5O3. The van der Waals surface area contributed by atoms with Crippen LogP contribution < -0.4 is 11.5 Å². The summed E-state index contributed by atoms with van der Waals surface area (Å²) in [5.41, 5.74) is 16.1. The van der Waals surface area contributed by atoms with Gasteiger partial charge in [-0.3, -0.25) is 4.79 Å². The fourth-order valence-electron chi connectivity index (χ4n) is 3.29. The number of ketones is 1. The number of nitrogens with two attached hydrogens (primary N) is 2. The number of carbonyl (C=O) groups is 2. The van der Waals surface area contributed by atoms with Gasteiger partial charge in [-0.15, -0.1) is 0 Å². The summed E-state index contributed by atoms with van der Waals surface area (Å²) < 4.78 is 33.8. The van der Waals surface area contributed by atoms with Crippen LogP contribution in [0.2, 0.25) is 0 Å². The van der Waals surface area contributed by atoms with Gasteiger partial charge in [-0.05, 0) is 30.7 Å². The Labute approximate surface area is 179 Å². The van der Waals surface area contributed by atoms with E-state index < -0.39 is 12.1 Å². The van der Waals surface area contributed by atoms with E-state index in [1.54, 1.807) is 6.92 Å². The van der Waals surface area contributed by atoms with Crippen LogP contribution in [0, 0.1) is 0 Å². The minimum absolute atomic E-state index is 0.0292. The number of aryl methyl sites for hydroxylation is 1. The number of hydrogen-bond donors (Lipinski definition) is 3. The van der Waals surface area contributed by atoms with Crippen molar-refractivity contribution in [2.75, 3.05) is 11.5 Å². The maximum Gasteiger partial charge on any atom is 0.490 e. The molecule has 0 radical (unpaired) electrons. The largest absolute Gasteiger partial charge is 0.490 e. The summed E-state index contributed by atoms with van der Waals surface area (Å²) in [6.45, 7) is 1.56. The third kappa shape index (κ3) is 4.31. The molecule has 32 heavy (non-hydrogen) atoms. The van der Waals surface area contributed by atoms with Crippen LogP contribution in [0.1, 0.15) is 17.3 Å². The van der Waals surface area contributed by atoms with Gasteiger partial charge in [-0.1, -0.05) is 18.2 Å². The second kappa shape index (κ2) is 8.17. The zero-order valence-corrected chi connectivity index (χ0v) is 16.9. The third-order valence-electron chi connectivity index (χ3n) is 4.68. The van der Waals surface area contributed by atoms with Gasteiger partial charge in [-0.2, -0.15) is 18.2 Å². The van der Waals surface area contributed by atoms with E-state index in [0.717, 1.165) is 27.4 Å². The highest BCUT2D eigenvalue weighted by Crippen LogP contribution is 2.37. The van der Waals surface area contributed by atoms with Crippen molar-refractivity contribution in [2.24, 2.45) is 7.05 Å². The average Bonchev–Trinajstić information content (AvgIpc) is 3.08. The Kier molecular flexibility index (Phi) is 5.76. The molecule has 0 aliphatic rings. The van der Waals surface area contributed by atoms with Gasteiger partial charge in [0.2, 0.25) is 5.95 Å². The molecule has 166 valence electrons. The van der Waals surface area contributed by atoms with Crippen LogP contribution in [0.3, 0.4) is 0 Å². The summed E-state index contributed by atoms with van der Waals surface area (Å²) in [4.78, 5) is 29.1. The summed E-state index contributed by atoms with van der Waals surface area (Å²) in [7, 11) is 1.97. The number of nitrogens with zero attached hydrogens (tertiary/aromatic N) is 3. The first-order valence-electron chi connectivity index (χ1n) is 9.12. The van der Waals surface area contributed by atoms with Gasteiger partial charge in [0.1, 0.15) is 5.82 Å².